The molecule has 1 aliphatic heterocycles. The Morgan fingerprint density at radius 2 is 1.89 bits per heavy atom. The van der Waals surface area contributed by atoms with Crippen LogP contribution in [0.3, 0.4) is 0 Å². The second-order valence-corrected chi connectivity index (χ2v) is 7.76. The molecular weight excluding hydrogens is 348 g/mol. The van der Waals surface area contributed by atoms with E-state index in [0.717, 1.165) is 50.7 Å². The number of ether oxygens (including phenoxy) is 1. The van der Waals surface area contributed by atoms with Crippen LogP contribution in [0.15, 0.2) is 36.7 Å². The number of imidazole rings is 1. The van der Waals surface area contributed by atoms with Crippen molar-refractivity contribution in [2.45, 2.75) is 58.5 Å². The van der Waals surface area contributed by atoms with Crippen LogP contribution in [-0.2, 0) is 13.1 Å². The van der Waals surface area contributed by atoms with Crippen LogP contribution in [0.1, 0.15) is 49.9 Å². The Kier molecular flexibility index (Phi) is 8.85. The van der Waals surface area contributed by atoms with E-state index in [4.69, 9.17) is 4.74 Å². The molecule has 1 fully saturated rings. The first kappa shape index (κ1) is 20.9. The zero-order valence-corrected chi connectivity index (χ0v) is 17.4. The molecule has 154 valence electrons. The summed E-state index contributed by atoms with van der Waals surface area (Å²) in [4.78, 5) is 6.87. The summed E-state index contributed by atoms with van der Waals surface area (Å²) in [6, 6.07) is 8.41. The Morgan fingerprint density at radius 1 is 1.04 bits per heavy atom. The molecule has 2 aromatic rings. The first-order valence-electron chi connectivity index (χ1n) is 10.9. The van der Waals surface area contributed by atoms with Crippen LogP contribution in [0.25, 0.3) is 0 Å². The van der Waals surface area contributed by atoms with Gasteiger partial charge in [-0.15, -0.1) is 0 Å². The molecule has 1 saturated heterocycles. The third-order valence-corrected chi connectivity index (χ3v) is 5.54. The highest BCUT2D eigenvalue weighted by Gasteiger charge is 2.09. The number of likely N-dealkylation sites (tertiary alicyclic amines) is 1. The molecule has 1 aromatic heterocycles. The summed E-state index contributed by atoms with van der Waals surface area (Å²) >= 11 is 0. The van der Waals surface area contributed by atoms with Gasteiger partial charge in [-0.1, -0.05) is 24.6 Å². The van der Waals surface area contributed by atoms with Crippen molar-refractivity contribution in [3.8, 4) is 5.75 Å². The van der Waals surface area contributed by atoms with E-state index in [0.29, 0.717) is 0 Å². The lowest BCUT2D eigenvalue weighted by Crippen LogP contribution is -2.30. The second kappa shape index (κ2) is 11.9. The lowest BCUT2D eigenvalue weighted by Gasteiger charge is -2.26. The Hall–Kier alpha value is -1.85. The third kappa shape index (κ3) is 6.95. The van der Waals surface area contributed by atoms with Crippen LogP contribution in [0.2, 0.25) is 0 Å². The number of nitrogens with zero attached hydrogens (tertiary/aromatic N) is 3. The number of aryl methyl sites for hydroxylation is 2. The lowest BCUT2D eigenvalue weighted by atomic mass is 10.1. The molecule has 0 unspecified atom stereocenters. The molecule has 1 aliphatic rings. The second-order valence-electron chi connectivity index (χ2n) is 7.76. The molecule has 5 nitrogen and oxygen atoms in total. The Morgan fingerprint density at radius 3 is 2.71 bits per heavy atom. The molecule has 0 saturated carbocycles. The van der Waals surface area contributed by atoms with Gasteiger partial charge in [0.15, 0.2) is 0 Å². The molecular formula is C23H36N4O. The highest BCUT2D eigenvalue weighted by molar-refractivity contribution is 5.33. The van der Waals surface area contributed by atoms with E-state index in [2.05, 4.69) is 44.0 Å². The molecule has 0 atom stereocenters. The number of unbranched alkanes of at least 4 members (excludes halogenated alkanes) is 1. The molecule has 1 N–H and O–H groups in total. The maximum Gasteiger partial charge on any atom is 0.123 e. The molecule has 0 bridgehead atoms. The molecule has 3 rings (SSSR count). The van der Waals surface area contributed by atoms with Crippen molar-refractivity contribution in [2.75, 3.05) is 32.8 Å². The van der Waals surface area contributed by atoms with Crippen LogP contribution in [0.4, 0.5) is 0 Å². The minimum absolute atomic E-state index is 0.810. The maximum absolute atomic E-state index is 6.09. The zero-order chi connectivity index (χ0) is 19.4. The van der Waals surface area contributed by atoms with Gasteiger partial charge in [0.2, 0.25) is 0 Å². The number of hydrogen-bond donors (Lipinski definition) is 1. The van der Waals surface area contributed by atoms with Gasteiger partial charge in [-0.25, -0.2) is 4.98 Å². The van der Waals surface area contributed by atoms with Crippen molar-refractivity contribution in [3.63, 3.8) is 0 Å². The molecule has 0 amide bonds. The largest absolute Gasteiger partial charge is 0.493 e. The fourth-order valence-corrected chi connectivity index (χ4v) is 3.83. The van der Waals surface area contributed by atoms with Crippen molar-refractivity contribution in [2.24, 2.45) is 0 Å². The summed E-state index contributed by atoms with van der Waals surface area (Å²) in [5, 5.41) is 3.55. The van der Waals surface area contributed by atoms with E-state index in [1.807, 2.05) is 19.3 Å². The SMILES string of the molecule is Cc1nccn1CCCNCc1ccccc1OCCCCN1CCCCC1. The fourth-order valence-electron chi connectivity index (χ4n) is 3.83. The van der Waals surface area contributed by atoms with Crippen LogP contribution < -0.4 is 10.1 Å². The Balaban J connectivity index is 1.30. The number of benzene rings is 1. The van der Waals surface area contributed by atoms with Crippen LogP contribution in [0.5, 0.6) is 5.75 Å². The molecule has 0 radical (unpaired) electrons. The summed E-state index contributed by atoms with van der Waals surface area (Å²) in [6.07, 6.45) is 11.5. The van der Waals surface area contributed by atoms with Gasteiger partial charge in [0.25, 0.3) is 0 Å². The van der Waals surface area contributed by atoms with E-state index in [1.165, 1.54) is 50.9 Å². The van der Waals surface area contributed by atoms with Gasteiger partial charge in [-0.2, -0.15) is 0 Å². The highest BCUT2D eigenvalue weighted by atomic mass is 16.5. The summed E-state index contributed by atoms with van der Waals surface area (Å²) in [7, 11) is 0. The van der Waals surface area contributed by atoms with Crippen molar-refractivity contribution in [1.82, 2.24) is 19.8 Å². The number of nitrogens with one attached hydrogen (secondary N) is 1. The maximum atomic E-state index is 6.09. The Labute approximate surface area is 170 Å². The summed E-state index contributed by atoms with van der Waals surface area (Å²) in [5.74, 6) is 2.11. The monoisotopic (exact) mass is 384 g/mol. The predicted octanol–water partition coefficient (Wildman–Crippen LogP) is 4.02. The Bertz CT molecular complexity index is 679. The van der Waals surface area contributed by atoms with Crippen LogP contribution >= 0.6 is 0 Å². The number of para-hydroxylation sites is 1. The van der Waals surface area contributed by atoms with E-state index in [1.54, 1.807) is 0 Å². The van der Waals surface area contributed by atoms with Gasteiger partial charge in [-0.05, 0) is 71.3 Å². The normalized spacial score (nSPS) is 15.0. The van der Waals surface area contributed by atoms with Gasteiger partial charge < -0.3 is 19.5 Å². The first-order valence-corrected chi connectivity index (χ1v) is 10.9. The van der Waals surface area contributed by atoms with E-state index in [9.17, 15) is 0 Å². The predicted molar refractivity (Wildman–Crippen MR) is 115 cm³/mol. The van der Waals surface area contributed by atoms with Crippen LogP contribution in [0, 0.1) is 6.92 Å². The fraction of sp³-hybridized carbons (Fsp3) is 0.609. The smallest absolute Gasteiger partial charge is 0.123 e. The minimum Gasteiger partial charge on any atom is -0.493 e. The van der Waals surface area contributed by atoms with Crippen molar-refractivity contribution in [3.05, 3.63) is 48.0 Å². The molecule has 2 heterocycles. The molecule has 1 aromatic carbocycles. The van der Waals surface area contributed by atoms with E-state index < -0.39 is 0 Å². The summed E-state index contributed by atoms with van der Waals surface area (Å²) in [5.41, 5.74) is 1.25. The van der Waals surface area contributed by atoms with Gasteiger partial charge >= 0.3 is 0 Å². The molecule has 5 heteroatoms. The third-order valence-electron chi connectivity index (χ3n) is 5.54. The number of hydrogen-bond acceptors (Lipinski definition) is 4. The quantitative estimate of drug-likeness (QED) is 0.561. The van der Waals surface area contributed by atoms with E-state index in [-0.39, 0.29) is 0 Å². The lowest BCUT2D eigenvalue weighted by molar-refractivity contribution is 0.215. The number of rotatable bonds is 12. The topological polar surface area (TPSA) is 42.3 Å². The van der Waals surface area contributed by atoms with E-state index >= 15 is 0 Å². The standard InChI is InChI=1S/C23H36N4O/c1-21-25-13-18-27(21)17-9-12-24-20-22-10-3-4-11-23(22)28-19-8-7-16-26-14-5-2-6-15-26/h3-4,10-11,13,18,24H,2,5-9,12,14-17,19-20H2,1H3. The van der Waals surface area contributed by atoms with Gasteiger partial charge in [0, 0.05) is 31.0 Å². The average molecular weight is 385 g/mol. The van der Waals surface area contributed by atoms with Gasteiger partial charge in [0.05, 0.1) is 6.61 Å². The average Bonchev–Trinajstić information content (AvgIpc) is 3.14. The van der Waals surface area contributed by atoms with Gasteiger partial charge in [-0.3, -0.25) is 0 Å². The molecule has 28 heavy (non-hydrogen) atoms. The highest BCUT2D eigenvalue weighted by Crippen LogP contribution is 2.18. The summed E-state index contributed by atoms with van der Waals surface area (Å²) < 4.78 is 8.28. The van der Waals surface area contributed by atoms with Crippen molar-refractivity contribution < 1.29 is 4.74 Å². The van der Waals surface area contributed by atoms with Gasteiger partial charge in [0.1, 0.15) is 11.6 Å². The number of aromatic nitrogens is 2. The van der Waals surface area contributed by atoms with Crippen LogP contribution in [-0.4, -0.2) is 47.2 Å². The van der Waals surface area contributed by atoms with Crippen molar-refractivity contribution >= 4 is 0 Å². The molecule has 0 aliphatic carbocycles. The summed E-state index contributed by atoms with van der Waals surface area (Å²) in [6.45, 7) is 9.51. The van der Waals surface area contributed by atoms with Crippen molar-refractivity contribution in [1.29, 1.82) is 0 Å². The molecule has 0 spiro atoms. The number of piperidine rings is 1. The minimum atomic E-state index is 0.810. The first-order chi connectivity index (χ1) is 13.8. The zero-order valence-electron chi connectivity index (χ0n) is 17.4.